The molecule has 258 valence electrons. The molecule has 0 unspecified atom stereocenters. The molecule has 0 atom stereocenters. The van der Waals surface area contributed by atoms with Gasteiger partial charge in [-0.15, -0.1) is 0 Å². The van der Waals surface area contributed by atoms with Gasteiger partial charge in [-0.2, -0.15) is 0 Å². The van der Waals surface area contributed by atoms with Crippen molar-refractivity contribution in [2.75, 3.05) is 4.90 Å². The van der Waals surface area contributed by atoms with Crippen LogP contribution in [-0.2, 0) is 5.41 Å². The molecule has 1 aliphatic rings. The molecule has 8 aromatic carbocycles. The number of hydrogen-bond donors (Lipinski definition) is 0. The summed E-state index contributed by atoms with van der Waals surface area (Å²) in [5.74, 6) is 0.818. The van der Waals surface area contributed by atoms with E-state index >= 15 is 0 Å². The Hall–Kier alpha value is -7.23. The topological polar surface area (TPSA) is 29.3 Å². The lowest BCUT2D eigenvalue weighted by Crippen LogP contribution is -2.28. The average Bonchev–Trinajstić information content (AvgIpc) is 3.77. The first-order valence-corrected chi connectivity index (χ1v) is 18.8. The van der Waals surface area contributed by atoms with Crippen molar-refractivity contribution in [3.8, 4) is 22.3 Å². The molecule has 0 saturated carbocycles. The Labute approximate surface area is 319 Å². The van der Waals surface area contributed by atoms with Gasteiger partial charge in [0.25, 0.3) is 0 Å². The SMILES string of the molecule is c1ccc(-c2ccc(N(c3cc4c(cn3)oc3cc5ccccc5cc34)c3cccc4c3-c3ccccc3C4(c3ccccc3)c3ccccc3)cc2)cc1. The molecule has 55 heavy (non-hydrogen) atoms. The zero-order valence-electron chi connectivity index (χ0n) is 29.9. The molecular formula is C52H34N2O. The highest BCUT2D eigenvalue weighted by Crippen LogP contribution is 2.59. The van der Waals surface area contributed by atoms with Crippen LogP contribution < -0.4 is 4.90 Å². The molecule has 0 fully saturated rings. The molecule has 2 aromatic heterocycles. The Morgan fingerprint density at radius 1 is 0.455 bits per heavy atom. The summed E-state index contributed by atoms with van der Waals surface area (Å²) in [6.45, 7) is 0. The molecule has 11 rings (SSSR count). The van der Waals surface area contributed by atoms with Crippen molar-refractivity contribution < 1.29 is 4.42 Å². The number of benzene rings is 8. The second kappa shape index (κ2) is 12.4. The van der Waals surface area contributed by atoms with Gasteiger partial charge in [0.05, 0.1) is 17.3 Å². The molecular weight excluding hydrogens is 669 g/mol. The zero-order valence-corrected chi connectivity index (χ0v) is 29.9. The smallest absolute Gasteiger partial charge is 0.153 e. The largest absolute Gasteiger partial charge is 0.454 e. The number of fused-ring (bicyclic) bond motifs is 7. The van der Waals surface area contributed by atoms with E-state index in [-0.39, 0.29) is 0 Å². The van der Waals surface area contributed by atoms with Gasteiger partial charge in [-0.3, -0.25) is 4.90 Å². The van der Waals surface area contributed by atoms with Crippen LogP contribution in [0.15, 0.2) is 211 Å². The maximum absolute atomic E-state index is 6.44. The van der Waals surface area contributed by atoms with Gasteiger partial charge in [-0.05, 0) is 86.1 Å². The minimum Gasteiger partial charge on any atom is -0.454 e. The molecule has 0 amide bonds. The third-order valence-corrected chi connectivity index (χ3v) is 11.4. The van der Waals surface area contributed by atoms with E-state index in [1.807, 2.05) is 6.20 Å². The van der Waals surface area contributed by atoms with E-state index in [0.717, 1.165) is 50.1 Å². The van der Waals surface area contributed by atoms with Gasteiger partial charge in [0.1, 0.15) is 11.4 Å². The van der Waals surface area contributed by atoms with E-state index in [9.17, 15) is 0 Å². The lowest BCUT2D eigenvalue weighted by atomic mass is 9.68. The first-order chi connectivity index (χ1) is 27.3. The molecule has 0 radical (unpaired) electrons. The van der Waals surface area contributed by atoms with Gasteiger partial charge < -0.3 is 4.42 Å². The Kier molecular flexibility index (Phi) is 7.08. The van der Waals surface area contributed by atoms with Gasteiger partial charge in [-0.1, -0.05) is 164 Å². The van der Waals surface area contributed by atoms with Crippen molar-refractivity contribution in [2.24, 2.45) is 0 Å². The fourth-order valence-electron chi connectivity index (χ4n) is 8.97. The number of pyridine rings is 1. The summed E-state index contributed by atoms with van der Waals surface area (Å²) in [5, 5.41) is 4.45. The third-order valence-electron chi connectivity index (χ3n) is 11.4. The summed E-state index contributed by atoms with van der Waals surface area (Å²) < 4.78 is 6.44. The first kappa shape index (κ1) is 31.3. The van der Waals surface area contributed by atoms with Crippen molar-refractivity contribution in [3.05, 3.63) is 229 Å². The number of nitrogens with zero attached hydrogens (tertiary/aromatic N) is 2. The third kappa shape index (κ3) is 4.80. The van der Waals surface area contributed by atoms with Crippen molar-refractivity contribution >= 4 is 49.9 Å². The summed E-state index contributed by atoms with van der Waals surface area (Å²) in [4.78, 5) is 7.50. The van der Waals surface area contributed by atoms with E-state index < -0.39 is 5.41 Å². The summed E-state index contributed by atoms with van der Waals surface area (Å²) in [6.07, 6.45) is 1.88. The summed E-state index contributed by atoms with van der Waals surface area (Å²) in [6, 6.07) is 72.1. The first-order valence-electron chi connectivity index (χ1n) is 18.8. The molecule has 3 nitrogen and oxygen atoms in total. The fourth-order valence-corrected chi connectivity index (χ4v) is 8.97. The maximum Gasteiger partial charge on any atom is 0.153 e. The van der Waals surface area contributed by atoms with Crippen LogP contribution in [0.25, 0.3) is 55.0 Å². The number of hydrogen-bond acceptors (Lipinski definition) is 3. The second-order valence-electron chi connectivity index (χ2n) is 14.3. The zero-order chi connectivity index (χ0) is 36.3. The summed E-state index contributed by atoms with van der Waals surface area (Å²) in [5.41, 5.74) is 12.9. The van der Waals surface area contributed by atoms with Crippen LogP contribution in [0.2, 0.25) is 0 Å². The molecule has 0 bridgehead atoms. The molecule has 3 heteroatoms. The Morgan fingerprint density at radius 2 is 1.04 bits per heavy atom. The minimum atomic E-state index is -0.521. The number of anilines is 3. The van der Waals surface area contributed by atoms with Crippen LogP contribution in [0.4, 0.5) is 17.2 Å². The van der Waals surface area contributed by atoms with Gasteiger partial charge in [0.2, 0.25) is 0 Å². The molecule has 0 N–H and O–H groups in total. The second-order valence-corrected chi connectivity index (χ2v) is 14.3. The van der Waals surface area contributed by atoms with Gasteiger partial charge in [0.15, 0.2) is 5.58 Å². The highest BCUT2D eigenvalue weighted by atomic mass is 16.3. The van der Waals surface area contributed by atoms with Crippen molar-refractivity contribution in [1.29, 1.82) is 0 Å². The van der Waals surface area contributed by atoms with Crippen molar-refractivity contribution in [3.63, 3.8) is 0 Å². The molecule has 1 aliphatic carbocycles. The lowest BCUT2D eigenvalue weighted by Gasteiger charge is -2.34. The molecule has 2 heterocycles. The van der Waals surface area contributed by atoms with E-state index in [1.165, 1.54) is 44.3 Å². The standard InChI is InChI=1S/C52H34N2O/c1-4-15-35(16-5-1)36-27-29-41(30-28-36)54(50-33-44-43-31-37-17-10-11-18-38(37)32-48(43)55-49(44)34-53-50)47-26-14-25-46-51(47)42-23-12-13-24-45(42)52(46,39-19-6-2-7-20-39)40-21-8-3-9-22-40/h1-34H. The predicted molar refractivity (Wildman–Crippen MR) is 226 cm³/mol. The normalized spacial score (nSPS) is 12.9. The Balaban J connectivity index is 1.19. The minimum absolute atomic E-state index is 0.521. The average molecular weight is 703 g/mol. The van der Waals surface area contributed by atoms with Crippen LogP contribution in [-0.4, -0.2) is 4.98 Å². The van der Waals surface area contributed by atoms with Crippen LogP contribution in [0, 0.1) is 0 Å². The molecule has 0 aliphatic heterocycles. The van der Waals surface area contributed by atoms with E-state index in [1.54, 1.807) is 0 Å². The van der Waals surface area contributed by atoms with Crippen LogP contribution in [0.3, 0.4) is 0 Å². The van der Waals surface area contributed by atoms with Crippen LogP contribution in [0.5, 0.6) is 0 Å². The summed E-state index contributed by atoms with van der Waals surface area (Å²) in [7, 11) is 0. The Morgan fingerprint density at radius 3 is 1.76 bits per heavy atom. The maximum atomic E-state index is 6.44. The van der Waals surface area contributed by atoms with E-state index in [2.05, 4.69) is 205 Å². The summed E-state index contributed by atoms with van der Waals surface area (Å²) >= 11 is 0. The van der Waals surface area contributed by atoms with Crippen LogP contribution >= 0.6 is 0 Å². The quantitative estimate of drug-likeness (QED) is 0.173. The van der Waals surface area contributed by atoms with Crippen LogP contribution in [0.1, 0.15) is 22.3 Å². The highest BCUT2D eigenvalue weighted by molar-refractivity contribution is 6.11. The number of aromatic nitrogens is 1. The van der Waals surface area contributed by atoms with E-state index in [4.69, 9.17) is 9.40 Å². The highest BCUT2D eigenvalue weighted by Gasteiger charge is 2.47. The lowest BCUT2D eigenvalue weighted by molar-refractivity contribution is 0.667. The number of furan rings is 1. The molecule has 10 aromatic rings. The van der Waals surface area contributed by atoms with Crippen molar-refractivity contribution in [1.82, 2.24) is 4.98 Å². The Bertz CT molecular complexity index is 2980. The number of rotatable bonds is 6. The monoisotopic (exact) mass is 702 g/mol. The van der Waals surface area contributed by atoms with Gasteiger partial charge in [0, 0.05) is 22.0 Å². The van der Waals surface area contributed by atoms with Gasteiger partial charge in [-0.25, -0.2) is 4.98 Å². The molecule has 0 spiro atoms. The van der Waals surface area contributed by atoms with Gasteiger partial charge >= 0.3 is 0 Å². The fraction of sp³-hybridized carbons (Fsp3) is 0.0192. The van der Waals surface area contributed by atoms with Crippen molar-refractivity contribution in [2.45, 2.75) is 5.41 Å². The predicted octanol–water partition coefficient (Wildman–Crippen LogP) is 13.6. The van der Waals surface area contributed by atoms with E-state index in [0.29, 0.717) is 0 Å². The molecule has 0 saturated heterocycles.